The Balaban J connectivity index is 2.12. The standard InChI is InChI=1S/C19H24Cl2N2O2S/c1-3-5-9-22(10-6-4-2)13-23-18(24)17(26-19(23)25)11-14-7-8-15(20)12-16(14)21/h7-8,11-12H,3-6,9-10,13H2,1-2H3/b17-11+. The van der Waals surface area contributed by atoms with Crippen LogP contribution in [0.5, 0.6) is 0 Å². The molecule has 1 aromatic rings. The van der Waals surface area contributed by atoms with Crippen molar-refractivity contribution >= 4 is 52.2 Å². The van der Waals surface area contributed by atoms with Crippen molar-refractivity contribution in [3.8, 4) is 0 Å². The van der Waals surface area contributed by atoms with Crippen molar-refractivity contribution in [2.45, 2.75) is 39.5 Å². The number of hydrogen-bond donors (Lipinski definition) is 0. The van der Waals surface area contributed by atoms with E-state index in [4.69, 9.17) is 23.2 Å². The Hall–Kier alpha value is -1.01. The predicted molar refractivity (Wildman–Crippen MR) is 111 cm³/mol. The fraction of sp³-hybridized carbons (Fsp3) is 0.474. The SMILES string of the molecule is CCCCN(CCCC)CN1C(=O)S/C(=C/c2ccc(Cl)cc2Cl)C1=O. The first-order valence-corrected chi connectivity index (χ1v) is 10.5. The van der Waals surface area contributed by atoms with E-state index in [1.54, 1.807) is 24.3 Å². The summed E-state index contributed by atoms with van der Waals surface area (Å²) in [4.78, 5) is 29.0. The normalized spacial score (nSPS) is 16.3. The molecule has 4 nitrogen and oxygen atoms in total. The molecule has 2 rings (SSSR count). The zero-order valence-electron chi connectivity index (χ0n) is 15.1. The van der Waals surface area contributed by atoms with E-state index in [2.05, 4.69) is 18.7 Å². The molecule has 0 radical (unpaired) electrons. The van der Waals surface area contributed by atoms with Gasteiger partial charge in [-0.25, -0.2) is 0 Å². The summed E-state index contributed by atoms with van der Waals surface area (Å²) >= 11 is 13.0. The second-order valence-electron chi connectivity index (χ2n) is 6.24. The van der Waals surface area contributed by atoms with Gasteiger partial charge in [-0.2, -0.15) is 0 Å². The maximum atomic E-state index is 12.7. The lowest BCUT2D eigenvalue weighted by Gasteiger charge is -2.26. The molecule has 142 valence electrons. The summed E-state index contributed by atoms with van der Waals surface area (Å²) in [5.74, 6) is -0.260. The van der Waals surface area contributed by atoms with Gasteiger partial charge in [0, 0.05) is 10.0 Å². The van der Waals surface area contributed by atoms with Crippen molar-refractivity contribution in [1.82, 2.24) is 9.80 Å². The first-order chi connectivity index (χ1) is 12.5. The topological polar surface area (TPSA) is 40.6 Å². The molecule has 2 amide bonds. The summed E-state index contributed by atoms with van der Waals surface area (Å²) in [5.41, 5.74) is 0.676. The molecule has 0 atom stereocenters. The highest BCUT2D eigenvalue weighted by Crippen LogP contribution is 2.34. The van der Waals surface area contributed by atoms with Gasteiger partial charge in [0.05, 0.1) is 11.6 Å². The van der Waals surface area contributed by atoms with E-state index < -0.39 is 0 Å². The molecule has 1 aliphatic rings. The molecule has 0 aromatic heterocycles. The Labute approximate surface area is 169 Å². The molecule has 1 aromatic carbocycles. The number of imide groups is 1. The van der Waals surface area contributed by atoms with Crippen LogP contribution in [0.4, 0.5) is 4.79 Å². The Bertz CT molecular complexity index is 686. The fourth-order valence-electron chi connectivity index (χ4n) is 2.60. The molecule has 1 saturated heterocycles. The Morgan fingerprint density at radius 1 is 1.12 bits per heavy atom. The molecule has 0 bridgehead atoms. The molecule has 1 fully saturated rings. The van der Waals surface area contributed by atoms with E-state index in [1.165, 1.54) is 4.90 Å². The summed E-state index contributed by atoms with van der Waals surface area (Å²) in [7, 11) is 0. The first-order valence-electron chi connectivity index (χ1n) is 8.89. The Morgan fingerprint density at radius 3 is 2.35 bits per heavy atom. The van der Waals surface area contributed by atoms with E-state index in [9.17, 15) is 9.59 Å². The zero-order chi connectivity index (χ0) is 19.1. The molecular weight excluding hydrogens is 391 g/mol. The van der Waals surface area contributed by atoms with Gasteiger partial charge in [0.1, 0.15) is 0 Å². The van der Waals surface area contributed by atoms with Crippen molar-refractivity contribution in [3.63, 3.8) is 0 Å². The number of nitrogens with zero attached hydrogens (tertiary/aromatic N) is 2. The van der Waals surface area contributed by atoms with Gasteiger partial charge in [-0.3, -0.25) is 19.4 Å². The van der Waals surface area contributed by atoms with E-state index in [-0.39, 0.29) is 11.1 Å². The number of benzene rings is 1. The monoisotopic (exact) mass is 414 g/mol. The maximum Gasteiger partial charge on any atom is 0.294 e. The lowest BCUT2D eigenvalue weighted by atomic mass is 10.2. The van der Waals surface area contributed by atoms with Crippen molar-refractivity contribution in [2.75, 3.05) is 19.8 Å². The highest BCUT2D eigenvalue weighted by molar-refractivity contribution is 8.18. The Kier molecular flexibility index (Phi) is 8.48. The number of thioether (sulfide) groups is 1. The average molecular weight is 415 g/mol. The third kappa shape index (κ3) is 5.74. The van der Waals surface area contributed by atoms with Crippen molar-refractivity contribution in [1.29, 1.82) is 0 Å². The third-order valence-corrected chi connectivity index (χ3v) is 5.59. The summed E-state index contributed by atoms with van der Waals surface area (Å²) in [6, 6.07) is 5.07. The van der Waals surface area contributed by atoms with Crippen LogP contribution in [0.25, 0.3) is 6.08 Å². The van der Waals surface area contributed by atoms with Crippen LogP contribution >= 0.6 is 35.0 Å². The molecule has 26 heavy (non-hydrogen) atoms. The van der Waals surface area contributed by atoms with E-state index in [1.807, 2.05) is 0 Å². The lowest BCUT2D eigenvalue weighted by molar-refractivity contribution is -0.124. The maximum absolute atomic E-state index is 12.7. The van der Waals surface area contributed by atoms with Crippen LogP contribution in [-0.2, 0) is 4.79 Å². The summed E-state index contributed by atoms with van der Waals surface area (Å²) in [6.07, 6.45) is 5.93. The van der Waals surface area contributed by atoms with Crippen LogP contribution in [0.2, 0.25) is 10.0 Å². The van der Waals surface area contributed by atoms with Gasteiger partial charge in [-0.05, 0) is 61.5 Å². The molecule has 0 N–H and O–H groups in total. The quantitative estimate of drug-likeness (QED) is 0.472. The van der Waals surface area contributed by atoms with Gasteiger partial charge in [0.2, 0.25) is 0 Å². The number of halogens is 2. The number of hydrogen-bond acceptors (Lipinski definition) is 4. The van der Waals surface area contributed by atoms with Gasteiger partial charge in [0.15, 0.2) is 0 Å². The molecule has 1 aliphatic heterocycles. The first kappa shape index (κ1) is 21.3. The van der Waals surface area contributed by atoms with Crippen LogP contribution in [0.3, 0.4) is 0 Å². The van der Waals surface area contributed by atoms with Gasteiger partial charge in [-0.15, -0.1) is 0 Å². The van der Waals surface area contributed by atoms with E-state index >= 15 is 0 Å². The molecule has 0 unspecified atom stereocenters. The molecule has 1 heterocycles. The molecule has 0 spiro atoms. The van der Waals surface area contributed by atoms with Crippen molar-refractivity contribution < 1.29 is 9.59 Å². The van der Waals surface area contributed by atoms with Gasteiger partial charge < -0.3 is 0 Å². The van der Waals surface area contributed by atoms with Crippen LogP contribution < -0.4 is 0 Å². The van der Waals surface area contributed by atoms with Gasteiger partial charge >= 0.3 is 0 Å². The van der Waals surface area contributed by atoms with E-state index in [0.29, 0.717) is 27.2 Å². The average Bonchev–Trinajstić information content (AvgIpc) is 2.86. The molecule has 0 aliphatic carbocycles. The minimum atomic E-state index is -0.260. The molecule has 0 saturated carbocycles. The summed E-state index contributed by atoms with van der Waals surface area (Å²) in [5, 5.41) is 0.754. The number of carbonyl (C=O) groups excluding carboxylic acids is 2. The second kappa shape index (κ2) is 10.4. The fourth-order valence-corrected chi connectivity index (χ4v) is 3.88. The minimum absolute atomic E-state index is 0.232. The highest BCUT2D eigenvalue weighted by atomic mass is 35.5. The van der Waals surface area contributed by atoms with Crippen molar-refractivity contribution in [2.24, 2.45) is 0 Å². The largest absolute Gasteiger partial charge is 0.294 e. The number of rotatable bonds is 9. The number of unbranched alkanes of at least 4 members (excludes halogenated alkanes) is 2. The number of amides is 2. The number of carbonyl (C=O) groups is 2. The van der Waals surface area contributed by atoms with E-state index in [0.717, 1.165) is 50.5 Å². The second-order valence-corrected chi connectivity index (χ2v) is 8.08. The zero-order valence-corrected chi connectivity index (χ0v) is 17.5. The predicted octanol–water partition coefficient (Wildman–Crippen LogP) is 5.89. The molecular formula is C19H24Cl2N2O2S. The summed E-state index contributed by atoms with van der Waals surface area (Å²) < 4.78 is 0. The van der Waals surface area contributed by atoms with Crippen molar-refractivity contribution in [3.05, 3.63) is 38.7 Å². The summed E-state index contributed by atoms with van der Waals surface area (Å²) in [6.45, 7) is 6.39. The smallest absolute Gasteiger partial charge is 0.286 e. The van der Waals surface area contributed by atoms with Crippen LogP contribution in [-0.4, -0.2) is 40.7 Å². The minimum Gasteiger partial charge on any atom is -0.286 e. The van der Waals surface area contributed by atoms with Gasteiger partial charge in [0.25, 0.3) is 11.1 Å². The molecule has 7 heteroatoms. The lowest BCUT2D eigenvalue weighted by Crippen LogP contribution is -2.41. The van der Waals surface area contributed by atoms with Gasteiger partial charge in [-0.1, -0.05) is 56.0 Å². The Morgan fingerprint density at radius 2 is 1.77 bits per heavy atom. The highest BCUT2D eigenvalue weighted by Gasteiger charge is 2.36. The van der Waals surface area contributed by atoms with Crippen LogP contribution in [0.15, 0.2) is 23.1 Å². The van der Waals surface area contributed by atoms with Crippen LogP contribution in [0, 0.1) is 0 Å². The third-order valence-electron chi connectivity index (χ3n) is 4.12. The van der Waals surface area contributed by atoms with Crippen LogP contribution in [0.1, 0.15) is 45.1 Å².